The molecule has 1 N–H and O–H groups in total. The van der Waals surface area contributed by atoms with Crippen molar-refractivity contribution >= 4 is 5.91 Å². The van der Waals surface area contributed by atoms with E-state index in [0.29, 0.717) is 6.54 Å². The quantitative estimate of drug-likeness (QED) is 0.763. The molecule has 0 unspecified atom stereocenters. The molecule has 1 heterocycles. The number of amides is 1. The second-order valence-electron chi connectivity index (χ2n) is 4.62. The summed E-state index contributed by atoms with van der Waals surface area (Å²) in [6.07, 6.45) is 3.97. The van der Waals surface area contributed by atoms with Crippen molar-refractivity contribution < 1.29 is 4.79 Å². The molecular weight excluding hydrogens is 176 g/mol. The Hall–Kier alpha value is -1.25. The average Bonchev–Trinajstić information content (AvgIpc) is 2.45. The first-order valence-electron chi connectivity index (χ1n) is 4.79. The van der Waals surface area contributed by atoms with Crippen molar-refractivity contribution in [2.45, 2.75) is 27.3 Å². The highest BCUT2D eigenvalue weighted by Gasteiger charge is 2.20. The number of carbonyl (C=O) groups is 1. The Balaban J connectivity index is 2.46. The third-order valence-electron chi connectivity index (χ3n) is 2.03. The number of aryl methyl sites for hydroxylation is 1. The molecule has 0 aromatic carbocycles. The van der Waals surface area contributed by atoms with Crippen molar-refractivity contribution in [3.63, 3.8) is 0 Å². The summed E-state index contributed by atoms with van der Waals surface area (Å²) in [5.41, 5.74) is 0.819. The van der Waals surface area contributed by atoms with E-state index >= 15 is 0 Å². The number of hydrogen-bond donors (Lipinski definition) is 1. The molecule has 1 aromatic heterocycles. The minimum absolute atomic E-state index is 0.0846. The predicted octanol–water partition coefficient (Wildman–Crippen LogP) is 1.69. The van der Waals surface area contributed by atoms with Crippen LogP contribution in [-0.2, 0) is 18.4 Å². The average molecular weight is 194 g/mol. The van der Waals surface area contributed by atoms with Crippen molar-refractivity contribution in [2.24, 2.45) is 12.5 Å². The van der Waals surface area contributed by atoms with Gasteiger partial charge in [0.1, 0.15) is 0 Å². The van der Waals surface area contributed by atoms with E-state index < -0.39 is 0 Å². The zero-order valence-corrected chi connectivity index (χ0v) is 9.29. The fraction of sp³-hybridized carbons (Fsp3) is 0.545. The molecule has 0 saturated heterocycles. The van der Waals surface area contributed by atoms with Gasteiger partial charge < -0.3 is 9.88 Å². The Morgan fingerprint density at radius 3 is 2.57 bits per heavy atom. The lowest BCUT2D eigenvalue weighted by molar-refractivity contribution is -0.128. The third kappa shape index (κ3) is 2.91. The van der Waals surface area contributed by atoms with Gasteiger partial charge in [-0.15, -0.1) is 0 Å². The van der Waals surface area contributed by atoms with Crippen LogP contribution < -0.4 is 5.32 Å². The Bertz CT molecular complexity index is 320. The first kappa shape index (κ1) is 10.8. The normalized spacial score (nSPS) is 11.4. The van der Waals surface area contributed by atoms with Crippen LogP contribution in [0.5, 0.6) is 0 Å². The van der Waals surface area contributed by atoms with Gasteiger partial charge in [-0.2, -0.15) is 0 Å². The minimum Gasteiger partial charge on any atom is -0.357 e. The fourth-order valence-electron chi connectivity index (χ4n) is 1.11. The van der Waals surface area contributed by atoms with Crippen molar-refractivity contribution in [3.05, 3.63) is 24.0 Å². The molecule has 0 atom stereocenters. The Kier molecular flexibility index (Phi) is 2.99. The van der Waals surface area contributed by atoms with E-state index in [-0.39, 0.29) is 11.3 Å². The topological polar surface area (TPSA) is 34.0 Å². The maximum absolute atomic E-state index is 11.5. The largest absolute Gasteiger partial charge is 0.357 e. The van der Waals surface area contributed by atoms with Crippen molar-refractivity contribution in [1.82, 2.24) is 9.88 Å². The van der Waals surface area contributed by atoms with Crippen LogP contribution in [0.3, 0.4) is 0 Å². The minimum atomic E-state index is -0.311. The summed E-state index contributed by atoms with van der Waals surface area (Å²) in [7, 11) is 1.97. The Morgan fingerprint density at radius 1 is 1.50 bits per heavy atom. The maximum atomic E-state index is 11.5. The van der Waals surface area contributed by atoms with Crippen LogP contribution in [0, 0.1) is 5.41 Å². The SMILES string of the molecule is Cn1ccc(CNC(=O)C(C)(C)C)c1. The molecule has 78 valence electrons. The van der Waals surface area contributed by atoms with Gasteiger partial charge in [-0.25, -0.2) is 0 Å². The molecule has 1 rings (SSSR count). The van der Waals surface area contributed by atoms with Crippen LogP contribution >= 0.6 is 0 Å². The highest BCUT2D eigenvalue weighted by atomic mass is 16.2. The van der Waals surface area contributed by atoms with E-state index in [9.17, 15) is 4.79 Å². The van der Waals surface area contributed by atoms with E-state index in [1.54, 1.807) is 0 Å². The van der Waals surface area contributed by atoms with E-state index in [1.807, 2.05) is 50.8 Å². The molecule has 0 aliphatic rings. The van der Waals surface area contributed by atoms with Crippen molar-refractivity contribution in [2.75, 3.05) is 0 Å². The first-order chi connectivity index (χ1) is 6.39. The lowest BCUT2D eigenvalue weighted by atomic mass is 9.96. The molecule has 14 heavy (non-hydrogen) atoms. The second kappa shape index (κ2) is 3.86. The van der Waals surface area contributed by atoms with Crippen LogP contribution in [0.1, 0.15) is 26.3 Å². The molecule has 1 amide bonds. The fourth-order valence-corrected chi connectivity index (χ4v) is 1.11. The number of rotatable bonds is 2. The molecule has 0 fully saturated rings. The molecule has 3 heteroatoms. The molecule has 0 spiro atoms. The van der Waals surface area contributed by atoms with E-state index in [2.05, 4.69) is 5.32 Å². The summed E-state index contributed by atoms with van der Waals surface area (Å²) in [6, 6.07) is 2.00. The maximum Gasteiger partial charge on any atom is 0.225 e. The summed E-state index contributed by atoms with van der Waals surface area (Å²) in [5.74, 6) is 0.0846. The Labute approximate surface area is 85.1 Å². The monoisotopic (exact) mass is 194 g/mol. The molecule has 1 aromatic rings. The summed E-state index contributed by atoms with van der Waals surface area (Å²) in [6.45, 7) is 6.34. The lowest BCUT2D eigenvalue weighted by Crippen LogP contribution is -2.34. The molecule has 0 aliphatic carbocycles. The highest BCUT2D eigenvalue weighted by molar-refractivity contribution is 5.81. The molecular formula is C11H18N2O. The molecule has 0 aliphatic heterocycles. The van der Waals surface area contributed by atoms with Crippen molar-refractivity contribution in [1.29, 1.82) is 0 Å². The van der Waals surface area contributed by atoms with E-state index in [0.717, 1.165) is 5.56 Å². The summed E-state index contributed by atoms with van der Waals surface area (Å²) >= 11 is 0. The summed E-state index contributed by atoms with van der Waals surface area (Å²) in [4.78, 5) is 11.5. The summed E-state index contributed by atoms with van der Waals surface area (Å²) < 4.78 is 1.97. The zero-order valence-electron chi connectivity index (χ0n) is 9.29. The summed E-state index contributed by atoms with van der Waals surface area (Å²) in [5, 5.41) is 2.90. The van der Waals surface area contributed by atoms with Gasteiger partial charge in [0.2, 0.25) is 5.91 Å². The smallest absolute Gasteiger partial charge is 0.225 e. The van der Waals surface area contributed by atoms with Crippen LogP contribution in [0.25, 0.3) is 0 Å². The molecule has 0 radical (unpaired) electrons. The van der Waals surface area contributed by atoms with Gasteiger partial charge in [0.15, 0.2) is 0 Å². The van der Waals surface area contributed by atoms with Crippen LogP contribution in [0.4, 0.5) is 0 Å². The number of aromatic nitrogens is 1. The van der Waals surface area contributed by atoms with Crippen LogP contribution in [0.15, 0.2) is 18.5 Å². The lowest BCUT2D eigenvalue weighted by Gasteiger charge is -2.17. The van der Waals surface area contributed by atoms with Crippen LogP contribution in [-0.4, -0.2) is 10.5 Å². The third-order valence-corrected chi connectivity index (χ3v) is 2.03. The van der Waals surface area contributed by atoms with Gasteiger partial charge >= 0.3 is 0 Å². The number of carbonyl (C=O) groups excluding carboxylic acids is 1. The highest BCUT2D eigenvalue weighted by Crippen LogP contribution is 2.12. The second-order valence-corrected chi connectivity index (χ2v) is 4.62. The molecule has 0 bridgehead atoms. The molecule has 0 saturated carbocycles. The van der Waals surface area contributed by atoms with E-state index in [1.165, 1.54) is 0 Å². The van der Waals surface area contributed by atoms with Crippen molar-refractivity contribution in [3.8, 4) is 0 Å². The number of nitrogens with one attached hydrogen (secondary N) is 1. The van der Waals surface area contributed by atoms with E-state index in [4.69, 9.17) is 0 Å². The van der Waals surface area contributed by atoms with Gasteiger partial charge in [0.25, 0.3) is 0 Å². The number of hydrogen-bond acceptors (Lipinski definition) is 1. The Morgan fingerprint density at radius 2 is 2.14 bits per heavy atom. The van der Waals surface area contributed by atoms with Gasteiger partial charge in [0.05, 0.1) is 0 Å². The standard InChI is InChI=1S/C11H18N2O/c1-11(2,3)10(14)12-7-9-5-6-13(4)8-9/h5-6,8H,7H2,1-4H3,(H,12,14). The number of nitrogens with zero attached hydrogens (tertiary/aromatic N) is 1. The molecule has 3 nitrogen and oxygen atoms in total. The zero-order chi connectivity index (χ0) is 10.8. The van der Waals surface area contributed by atoms with Gasteiger partial charge in [-0.05, 0) is 11.6 Å². The van der Waals surface area contributed by atoms with Gasteiger partial charge in [-0.1, -0.05) is 20.8 Å². The van der Waals surface area contributed by atoms with Crippen LogP contribution in [0.2, 0.25) is 0 Å². The first-order valence-corrected chi connectivity index (χ1v) is 4.79. The predicted molar refractivity (Wildman–Crippen MR) is 56.7 cm³/mol. The van der Waals surface area contributed by atoms with Gasteiger partial charge in [-0.3, -0.25) is 4.79 Å². The van der Waals surface area contributed by atoms with Gasteiger partial charge in [0, 0.05) is 31.4 Å².